The number of ether oxygens (including phenoxy) is 2. The van der Waals surface area contributed by atoms with Gasteiger partial charge in [0.05, 0.1) is 6.61 Å². The van der Waals surface area contributed by atoms with E-state index in [2.05, 4.69) is 0 Å². The third-order valence-corrected chi connectivity index (χ3v) is 3.65. The Labute approximate surface area is 118 Å². The number of aryl methyl sites for hydroxylation is 1. The van der Waals surface area contributed by atoms with Crippen LogP contribution < -0.4 is 0 Å². The van der Waals surface area contributed by atoms with Crippen molar-refractivity contribution in [1.29, 1.82) is 0 Å². The van der Waals surface area contributed by atoms with E-state index in [1.807, 2.05) is 61.5 Å². The van der Waals surface area contributed by atoms with Gasteiger partial charge in [-0.3, -0.25) is 0 Å². The predicted molar refractivity (Wildman–Crippen MR) is 76.1 cm³/mol. The number of aliphatic hydroxyl groups excluding tert-OH is 1. The van der Waals surface area contributed by atoms with Gasteiger partial charge in [-0.05, 0) is 18.1 Å². The summed E-state index contributed by atoms with van der Waals surface area (Å²) >= 11 is 0. The molecule has 2 aromatic carbocycles. The van der Waals surface area contributed by atoms with Crippen LogP contribution in [-0.2, 0) is 9.47 Å². The molecule has 1 aliphatic heterocycles. The van der Waals surface area contributed by atoms with Crippen molar-refractivity contribution in [3.8, 4) is 0 Å². The highest BCUT2D eigenvalue weighted by molar-refractivity contribution is 5.29. The first kappa shape index (κ1) is 13.3. The normalized spacial score (nSPS) is 25.8. The van der Waals surface area contributed by atoms with E-state index in [4.69, 9.17) is 9.47 Å². The minimum absolute atomic E-state index is 0.0532. The fourth-order valence-corrected chi connectivity index (χ4v) is 2.57. The zero-order chi connectivity index (χ0) is 13.9. The Morgan fingerprint density at radius 2 is 1.65 bits per heavy atom. The second kappa shape index (κ2) is 5.75. The van der Waals surface area contributed by atoms with E-state index < -0.39 is 6.29 Å². The average Bonchev–Trinajstić information content (AvgIpc) is 2.93. The van der Waals surface area contributed by atoms with Crippen LogP contribution in [0.5, 0.6) is 0 Å². The molecule has 1 saturated heterocycles. The van der Waals surface area contributed by atoms with Crippen molar-refractivity contribution in [2.75, 3.05) is 6.61 Å². The van der Waals surface area contributed by atoms with Gasteiger partial charge in [0.2, 0.25) is 0 Å². The molecule has 3 atom stereocenters. The standard InChI is InChI=1S/C17H18O3/c1-12-7-5-6-10-14(12)16-15(11-18)19-17(20-16)13-8-3-2-4-9-13/h2-10,15-18H,11H2,1H3/t15?,16-,17?/m1/s1. The molecule has 1 N–H and O–H groups in total. The van der Waals surface area contributed by atoms with Gasteiger partial charge in [-0.15, -0.1) is 0 Å². The van der Waals surface area contributed by atoms with Crippen molar-refractivity contribution in [2.24, 2.45) is 0 Å². The molecule has 2 aromatic rings. The van der Waals surface area contributed by atoms with Crippen LogP contribution in [0.3, 0.4) is 0 Å². The molecule has 20 heavy (non-hydrogen) atoms. The summed E-state index contributed by atoms with van der Waals surface area (Å²) in [4.78, 5) is 0. The summed E-state index contributed by atoms with van der Waals surface area (Å²) in [5.74, 6) is 0. The van der Waals surface area contributed by atoms with Crippen molar-refractivity contribution >= 4 is 0 Å². The quantitative estimate of drug-likeness (QED) is 0.931. The van der Waals surface area contributed by atoms with Crippen LogP contribution in [0.25, 0.3) is 0 Å². The molecule has 104 valence electrons. The second-order valence-corrected chi connectivity index (χ2v) is 5.01. The van der Waals surface area contributed by atoms with Crippen LogP contribution in [-0.4, -0.2) is 17.8 Å². The molecular weight excluding hydrogens is 252 g/mol. The fourth-order valence-electron chi connectivity index (χ4n) is 2.57. The molecule has 0 radical (unpaired) electrons. The highest BCUT2D eigenvalue weighted by Gasteiger charge is 2.37. The van der Waals surface area contributed by atoms with Gasteiger partial charge < -0.3 is 14.6 Å². The third-order valence-electron chi connectivity index (χ3n) is 3.65. The summed E-state index contributed by atoms with van der Waals surface area (Å²) in [5, 5.41) is 9.55. The molecule has 3 rings (SSSR count). The van der Waals surface area contributed by atoms with Crippen LogP contribution in [0.4, 0.5) is 0 Å². The topological polar surface area (TPSA) is 38.7 Å². The summed E-state index contributed by atoms with van der Waals surface area (Å²) < 4.78 is 11.9. The summed E-state index contributed by atoms with van der Waals surface area (Å²) in [5.41, 5.74) is 3.19. The Bertz CT molecular complexity index is 567. The third kappa shape index (κ3) is 2.48. The van der Waals surface area contributed by atoms with Crippen LogP contribution in [0.2, 0.25) is 0 Å². The largest absolute Gasteiger partial charge is 0.394 e. The van der Waals surface area contributed by atoms with Gasteiger partial charge in [0, 0.05) is 5.56 Å². The number of hydrogen-bond acceptors (Lipinski definition) is 3. The molecule has 0 saturated carbocycles. The molecule has 0 amide bonds. The molecule has 1 fully saturated rings. The van der Waals surface area contributed by atoms with E-state index >= 15 is 0 Å². The molecule has 0 bridgehead atoms. The first-order valence-corrected chi connectivity index (χ1v) is 6.82. The monoisotopic (exact) mass is 270 g/mol. The fraction of sp³-hybridized carbons (Fsp3) is 0.294. The number of hydrogen-bond donors (Lipinski definition) is 1. The Hall–Kier alpha value is -1.68. The number of benzene rings is 2. The average molecular weight is 270 g/mol. The van der Waals surface area contributed by atoms with E-state index in [1.54, 1.807) is 0 Å². The van der Waals surface area contributed by atoms with Gasteiger partial charge >= 0.3 is 0 Å². The van der Waals surface area contributed by atoms with E-state index in [1.165, 1.54) is 0 Å². The van der Waals surface area contributed by atoms with Crippen molar-refractivity contribution in [2.45, 2.75) is 25.4 Å². The van der Waals surface area contributed by atoms with Gasteiger partial charge in [-0.2, -0.15) is 0 Å². The zero-order valence-corrected chi connectivity index (χ0v) is 11.4. The van der Waals surface area contributed by atoms with Crippen LogP contribution in [0.15, 0.2) is 54.6 Å². The lowest BCUT2D eigenvalue weighted by Crippen LogP contribution is -2.20. The predicted octanol–water partition coefficient (Wildman–Crippen LogP) is 3.14. The molecule has 0 spiro atoms. The Morgan fingerprint density at radius 3 is 2.35 bits per heavy atom. The molecule has 0 aliphatic carbocycles. The van der Waals surface area contributed by atoms with Gasteiger partial charge in [0.25, 0.3) is 0 Å². The molecule has 2 unspecified atom stereocenters. The molecule has 3 nitrogen and oxygen atoms in total. The van der Waals surface area contributed by atoms with Gasteiger partial charge in [-0.25, -0.2) is 0 Å². The first-order chi connectivity index (χ1) is 9.79. The maximum Gasteiger partial charge on any atom is 0.185 e. The van der Waals surface area contributed by atoms with E-state index in [0.717, 1.165) is 16.7 Å². The van der Waals surface area contributed by atoms with Gasteiger partial charge in [-0.1, -0.05) is 54.6 Å². The second-order valence-electron chi connectivity index (χ2n) is 5.01. The first-order valence-electron chi connectivity index (χ1n) is 6.82. The lowest BCUT2D eigenvalue weighted by molar-refractivity contribution is -0.0739. The Kier molecular flexibility index (Phi) is 3.83. The summed E-state index contributed by atoms with van der Waals surface area (Å²) in [7, 11) is 0. The van der Waals surface area contributed by atoms with Gasteiger partial charge in [0.15, 0.2) is 6.29 Å². The van der Waals surface area contributed by atoms with E-state index in [-0.39, 0.29) is 18.8 Å². The minimum Gasteiger partial charge on any atom is -0.394 e. The van der Waals surface area contributed by atoms with Crippen LogP contribution >= 0.6 is 0 Å². The molecular formula is C17H18O3. The van der Waals surface area contributed by atoms with Crippen molar-refractivity contribution < 1.29 is 14.6 Å². The van der Waals surface area contributed by atoms with Crippen molar-refractivity contribution in [1.82, 2.24) is 0 Å². The SMILES string of the molecule is Cc1ccccc1[C@H]1OC(c2ccccc2)OC1CO. The van der Waals surface area contributed by atoms with E-state index in [9.17, 15) is 5.11 Å². The lowest BCUT2D eigenvalue weighted by atomic mass is 10.00. The molecule has 3 heteroatoms. The maximum absolute atomic E-state index is 9.55. The number of aliphatic hydroxyl groups is 1. The molecule has 1 heterocycles. The minimum atomic E-state index is -0.419. The Morgan fingerprint density at radius 1 is 0.950 bits per heavy atom. The van der Waals surface area contributed by atoms with E-state index in [0.29, 0.717) is 0 Å². The highest BCUT2D eigenvalue weighted by atomic mass is 16.7. The summed E-state index contributed by atoms with van der Waals surface area (Å²) in [6.07, 6.45) is -0.981. The smallest absolute Gasteiger partial charge is 0.185 e. The van der Waals surface area contributed by atoms with Gasteiger partial charge in [0.1, 0.15) is 12.2 Å². The Balaban J connectivity index is 1.87. The zero-order valence-electron chi connectivity index (χ0n) is 11.4. The summed E-state index contributed by atoms with van der Waals surface area (Å²) in [6.45, 7) is 1.99. The van der Waals surface area contributed by atoms with Crippen LogP contribution in [0.1, 0.15) is 29.1 Å². The lowest BCUT2D eigenvalue weighted by Gasteiger charge is -2.16. The molecule has 0 aromatic heterocycles. The maximum atomic E-state index is 9.55. The van der Waals surface area contributed by atoms with Crippen molar-refractivity contribution in [3.05, 3.63) is 71.3 Å². The van der Waals surface area contributed by atoms with Crippen LogP contribution in [0, 0.1) is 6.92 Å². The highest BCUT2D eigenvalue weighted by Crippen LogP contribution is 2.40. The molecule has 1 aliphatic rings. The number of rotatable bonds is 3. The van der Waals surface area contributed by atoms with Crippen molar-refractivity contribution in [3.63, 3.8) is 0 Å². The summed E-state index contributed by atoms with van der Waals surface area (Å²) in [6, 6.07) is 17.9.